The normalized spacial score (nSPS) is 11.0. The molecule has 0 fully saturated rings. The third-order valence-corrected chi connectivity index (χ3v) is 5.85. The summed E-state index contributed by atoms with van der Waals surface area (Å²) in [4.78, 5) is 23.2. The monoisotopic (exact) mass is 443 g/mol. The molecule has 0 aliphatic rings. The number of carbonyl (C=O) groups is 2. The van der Waals surface area contributed by atoms with E-state index >= 15 is 0 Å². The maximum Gasteiger partial charge on any atom is 0.261 e. The smallest absolute Gasteiger partial charge is 0.261 e. The maximum atomic E-state index is 12.7. The Kier molecular flexibility index (Phi) is 6.09. The van der Waals surface area contributed by atoms with E-state index in [1.165, 1.54) is 42.5 Å². The maximum absolute atomic E-state index is 12.7. The summed E-state index contributed by atoms with van der Waals surface area (Å²) < 4.78 is 27.7. The van der Waals surface area contributed by atoms with Gasteiger partial charge in [0, 0.05) is 11.4 Å². The third kappa shape index (κ3) is 4.97. The molecule has 0 saturated heterocycles. The minimum absolute atomic E-state index is 0.00616. The molecule has 0 heterocycles. The molecule has 7 nitrogen and oxygen atoms in total. The summed E-state index contributed by atoms with van der Waals surface area (Å²) in [5.41, 5.74) is 1.56. The van der Waals surface area contributed by atoms with Gasteiger partial charge in [0.15, 0.2) is 0 Å². The van der Waals surface area contributed by atoms with Gasteiger partial charge in [-0.1, -0.05) is 35.9 Å². The number of hydrogen-bond acceptors (Lipinski definition) is 5. The van der Waals surface area contributed by atoms with Crippen molar-refractivity contribution >= 4 is 44.9 Å². The molecule has 0 spiro atoms. The molecule has 0 radical (unpaired) electrons. The van der Waals surface area contributed by atoms with Crippen molar-refractivity contribution in [3.8, 4) is 0 Å². The number of benzene rings is 3. The molecule has 2 N–H and O–H groups in total. The highest BCUT2D eigenvalue weighted by molar-refractivity contribution is 7.92. The number of hydrogen-bond donors (Lipinski definition) is 2. The van der Waals surface area contributed by atoms with Crippen LogP contribution in [0.25, 0.3) is 0 Å². The molecule has 0 bridgehead atoms. The first kappa shape index (κ1) is 21.4. The van der Waals surface area contributed by atoms with E-state index in [9.17, 15) is 23.1 Å². The first-order valence-corrected chi connectivity index (χ1v) is 10.5. The van der Waals surface area contributed by atoms with Crippen LogP contribution in [-0.2, 0) is 10.0 Å². The van der Waals surface area contributed by atoms with E-state index in [1.807, 2.05) is 13.0 Å². The van der Waals surface area contributed by atoms with Gasteiger partial charge in [0.2, 0.25) is 0 Å². The van der Waals surface area contributed by atoms with Crippen LogP contribution in [0.3, 0.4) is 0 Å². The standard InChI is InChI=1S/C21H17ClN2O5S/c1-13-3-2-4-16(11-13)23-20(25)18-12-17(9-10-19(18)22)30(28,29)24-15-7-5-14(6-8-15)21(26)27/h2-12,24H,1H3,(H,23,25)(H,26,27)/p-1. The Balaban J connectivity index is 1.85. The van der Waals surface area contributed by atoms with Gasteiger partial charge in [0.1, 0.15) is 0 Å². The number of carbonyl (C=O) groups excluding carboxylic acids is 2. The fourth-order valence-corrected chi connectivity index (χ4v) is 3.94. The number of aryl methyl sites for hydroxylation is 1. The average molecular weight is 444 g/mol. The van der Waals surface area contributed by atoms with Crippen molar-refractivity contribution in [2.45, 2.75) is 11.8 Å². The van der Waals surface area contributed by atoms with Crippen molar-refractivity contribution in [3.05, 3.63) is 88.4 Å². The third-order valence-electron chi connectivity index (χ3n) is 4.14. The molecule has 0 aromatic heterocycles. The van der Waals surface area contributed by atoms with E-state index in [0.29, 0.717) is 5.69 Å². The van der Waals surface area contributed by atoms with Gasteiger partial charge in [-0.25, -0.2) is 8.42 Å². The van der Waals surface area contributed by atoms with E-state index in [1.54, 1.807) is 18.2 Å². The lowest BCUT2D eigenvalue weighted by Crippen LogP contribution is -2.22. The van der Waals surface area contributed by atoms with Gasteiger partial charge in [0.05, 0.1) is 21.5 Å². The van der Waals surface area contributed by atoms with E-state index in [0.717, 1.165) is 5.56 Å². The number of amides is 1. The molecule has 0 atom stereocenters. The van der Waals surface area contributed by atoms with Gasteiger partial charge in [-0.05, 0) is 60.5 Å². The Morgan fingerprint density at radius 1 is 0.933 bits per heavy atom. The summed E-state index contributed by atoms with van der Waals surface area (Å²) >= 11 is 6.11. The molecule has 3 rings (SSSR count). The Hall–Kier alpha value is -3.36. The van der Waals surface area contributed by atoms with Crippen molar-refractivity contribution < 1.29 is 23.1 Å². The number of halogens is 1. The Labute approximate surface area is 178 Å². The molecule has 30 heavy (non-hydrogen) atoms. The molecular formula is C21H16ClN2O5S-. The fraction of sp³-hybridized carbons (Fsp3) is 0.0476. The lowest BCUT2D eigenvalue weighted by atomic mass is 10.2. The zero-order valence-corrected chi connectivity index (χ0v) is 17.3. The number of rotatable bonds is 6. The quantitative estimate of drug-likeness (QED) is 0.607. The summed E-state index contributed by atoms with van der Waals surface area (Å²) in [6.07, 6.45) is 0. The highest BCUT2D eigenvalue weighted by atomic mass is 35.5. The van der Waals surface area contributed by atoms with Crippen LogP contribution in [0.5, 0.6) is 0 Å². The van der Waals surface area contributed by atoms with Gasteiger partial charge in [-0.2, -0.15) is 0 Å². The number of carboxylic acids is 1. The topological polar surface area (TPSA) is 115 Å². The molecule has 0 unspecified atom stereocenters. The van der Waals surface area contributed by atoms with Crippen molar-refractivity contribution in [2.75, 3.05) is 10.0 Å². The van der Waals surface area contributed by atoms with Crippen LogP contribution in [0, 0.1) is 6.92 Å². The fourth-order valence-electron chi connectivity index (χ4n) is 2.66. The molecule has 3 aromatic carbocycles. The second kappa shape index (κ2) is 8.56. The van der Waals surface area contributed by atoms with Crippen LogP contribution in [0.2, 0.25) is 5.02 Å². The van der Waals surface area contributed by atoms with E-state index in [4.69, 9.17) is 11.6 Å². The minimum Gasteiger partial charge on any atom is -0.545 e. The van der Waals surface area contributed by atoms with Crippen LogP contribution in [0.15, 0.2) is 71.6 Å². The largest absolute Gasteiger partial charge is 0.545 e. The molecule has 154 valence electrons. The van der Waals surface area contributed by atoms with Gasteiger partial charge in [-0.3, -0.25) is 9.52 Å². The molecular weight excluding hydrogens is 428 g/mol. The first-order chi connectivity index (χ1) is 14.2. The van der Waals surface area contributed by atoms with E-state index in [2.05, 4.69) is 10.0 Å². The lowest BCUT2D eigenvalue weighted by Gasteiger charge is -2.12. The van der Waals surface area contributed by atoms with Gasteiger partial charge >= 0.3 is 0 Å². The van der Waals surface area contributed by atoms with Crippen LogP contribution >= 0.6 is 11.6 Å². The van der Waals surface area contributed by atoms with Gasteiger partial charge < -0.3 is 15.2 Å². The SMILES string of the molecule is Cc1cccc(NC(=O)c2cc(S(=O)(=O)Nc3ccc(C(=O)[O-])cc3)ccc2Cl)c1. The van der Waals surface area contributed by atoms with E-state index < -0.39 is 21.9 Å². The molecule has 3 aromatic rings. The number of sulfonamides is 1. The second-order valence-corrected chi connectivity index (χ2v) is 8.53. The van der Waals surface area contributed by atoms with Crippen LogP contribution in [0.4, 0.5) is 11.4 Å². The summed E-state index contributed by atoms with van der Waals surface area (Å²) in [7, 11) is -4.05. The second-order valence-electron chi connectivity index (χ2n) is 6.44. The number of nitrogens with one attached hydrogen (secondary N) is 2. The van der Waals surface area contributed by atoms with Gasteiger partial charge in [0.25, 0.3) is 15.9 Å². The number of carboxylic acid groups (broad SMARTS) is 1. The van der Waals surface area contributed by atoms with Crippen molar-refractivity contribution in [1.29, 1.82) is 0 Å². The van der Waals surface area contributed by atoms with Crippen LogP contribution in [-0.4, -0.2) is 20.3 Å². The highest BCUT2D eigenvalue weighted by Crippen LogP contribution is 2.24. The number of anilines is 2. The Morgan fingerprint density at radius 3 is 2.27 bits per heavy atom. The van der Waals surface area contributed by atoms with Crippen molar-refractivity contribution in [1.82, 2.24) is 0 Å². The Morgan fingerprint density at radius 2 is 1.63 bits per heavy atom. The van der Waals surface area contributed by atoms with Crippen molar-refractivity contribution in [3.63, 3.8) is 0 Å². The van der Waals surface area contributed by atoms with E-state index in [-0.39, 0.29) is 26.7 Å². The zero-order valence-electron chi connectivity index (χ0n) is 15.7. The Bertz CT molecular complexity index is 1220. The number of aromatic carboxylic acids is 1. The van der Waals surface area contributed by atoms with Crippen LogP contribution < -0.4 is 15.1 Å². The average Bonchev–Trinajstić information content (AvgIpc) is 2.68. The van der Waals surface area contributed by atoms with Crippen molar-refractivity contribution in [2.24, 2.45) is 0 Å². The molecule has 9 heteroatoms. The molecule has 0 saturated carbocycles. The van der Waals surface area contributed by atoms with Gasteiger partial charge in [-0.15, -0.1) is 0 Å². The molecule has 0 aliphatic heterocycles. The summed E-state index contributed by atoms with van der Waals surface area (Å²) in [5.74, 6) is -1.92. The predicted octanol–water partition coefficient (Wildman–Crippen LogP) is 3.07. The summed E-state index contributed by atoms with van der Waals surface area (Å²) in [6.45, 7) is 1.88. The predicted molar refractivity (Wildman–Crippen MR) is 112 cm³/mol. The highest BCUT2D eigenvalue weighted by Gasteiger charge is 2.19. The van der Waals surface area contributed by atoms with Crippen LogP contribution in [0.1, 0.15) is 26.3 Å². The first-order valence-electron chi connectivity index (χ1n) is 8.67. The lowest BCUT2D eigenvalue weighted by molar-refractivity contribution is -0.255. The zero-order chi connectivity index (χ0) is 21.9. The molecule has 0 aliphatic carbocycles. The molecule has 1 amide bonds. The minimum atomic E-state index is -4.05. The summed E-state index contributed by atoms with van der Waals surface area (Å²) in [6, 6.07) is 15.9. The summed E-state index contributed by atoms with van der Waals surface area (Å²) in [5, 5.41) is 13.6.